The van der Waals surface area contributed by atoms with Gasteiger partial charge in [0.25, 0.3) is 5.91 Å². The summed E-state index contributed by atoms with van der Waals surface area (Å²) in [5.41, 5.74) is 7.21. The van der Waals surface area contributed by atoms with Gasteiger partial charge in [0.05, 0.1) is 0 Å². The van der Waals surface area contributed by atoms with E-state index in [1.807, 2.05) is 29.2 Å². The van der Waals surface area contributed by atoms with E-state index in [4.69, 9.17) is 5.73 Å². The number of nitrogens with two attached hydrogens (primary N) is 1. The Hall–Kier alpha value is -2.51. The van der Waals surface area contributed by atoms with Crippen molar-refractivity contribution in [1.82, 2.24) is 19.8 Å². The molecule has 7 heteroatoms. The number of benzene rings is 1. The molecule has 2 fully saturated rings. The Morgan fingerprint density at radius 3 is 2.64 bits per heavy atom. The highest BCUT2D eigenvalue weighted by molar-refractivity contribution is 5.94. The van der Waals surface area contributed by atoms with Crippen LogP contribution in [0.15, 0.2) is 36.5 Å². The quantitative estimate of drug-likeness (QED) is 0.790. The fourth-order valence-electron chi connectivity index (χ4n) is 3.83. The average Bonchev–Trinajstić information content (AvgIpc) is 3.53. The first-order valence-electron chi connectivity index (χ1n) is 9.97. The summed E-state index contributed by atoms with van der Waals surface area (Å²) in [6.45, 7) is 3.53. The molecule has 4 rings (SSSR count). The molecule has 2 aliphatic rings. The van der Waals surface area contributed by atoms with Gasteiger partial charge in [-0.1, -0.05) is 12.1 Å². The average molecular weight is 381 g/mol. The molecule has 1 saturated carbocycles. The second-order valence-corrected chi connectivity index (χ2v) is 7.74. The minimum atomic E-state index is 0.0362. The summed E-state index contributed by atoms with van der Waals surface area (Å²) in [7, 11) is 0. The Morgan fingerprint density at radius 2 is 1.96 bits per heavy atom. The zero-order valence-corrected chi connectivity index (χ0v) is 16.0. The van der Waals surface area contributed by atoms with Crippen LogP contribution in [0.3, 0.4) is 0 Å². The highest BCUT2D eigenvalue weighted by atomic mass is 16.3. The summed E-state index contributed by atoms with van der Waals surface area (Å²) in [5.74, 6) is 1.82. The predicted octanol–water partition coefficient (Wildman–Crippen LogP) is 1.64. The van der Waals surface area contributed by atoms with E-state index in [0.29, 0.717) is 30.2 Å². The van der Waals surface area contributed by atoms with Crippen molar-refractivity contribution < 1.29 is 9.90 Å². The second kappa shape index (κ2) is 8.24. The van der Waals surface area contributed by atoms with E-state index in [-0.39, 0.29) is 18.6 Å². The number of amides is 1. The van der Waals surface area contributed by atoms with Gasteiger partial charge in [-0.05, 0) is 43.4 Å². The first-order chi connectivity index (χ1) is 13.6. The smallest absolute Gasteiger partial charge is 0.253 e. The molecule has 1 aromatic heterocycles. The highest BCUT2D eigenvalue weighted by Gasteiger charge is 2.33. The van der Waals surface area contributed by atoms with Crippen molar-refractivity contribution >= 4 is 11.7 Å². The normalized spacial score (nSPS) is 20.3. The van der Waals surface area contributed by atoms with Crippen LogP contribution in [0.5, 0.6) is 0 Å². The number of carbonyl (C=O) groups is 1. The minimum absolute atomic E-state index is 0.0362. The Kier molecular flexibility index (Phi) is 5.54. The lowest BCUT2D eigenvalue weighted by Crippen LogP contribution is -2.55. The Morgan fingerprint density at radius 1 is 1.18 bits per heavy atom. The van der Waals surface area contributed by atoms with Gasteiger partial charge >= 0.3 is 0 Å². The molecular weight excluding hydrogens is 354 g/mol. The number of aliphatic hydroxyl groups is 1. The number of rotatable bonds is 6. The van der Waals surface area contributed by atoms with E-state index >= 15 is 0 Å². The molecule has 28 heavy (non-hydrogen) atoms. The van der Waals surface area contributed by atoms with Crippen molar-refractivity contribution in [2.45, 2.75) is 25.3 Å². The molecule has 7 nitrogen and oxygen atoms in total. The van der Waals surface area contributed by atoms with Crippen LogP contribution in [0.4, 0.5) is 5.82 Å². The number of anilines is 1. The molecule has 0 radical (unpaired) electrons. The van der Waals surface area contributed by atoms with Crippen molar-refractivity contribution in [2.24, 2.45) is 5.92 Å². The lowest BCUT2D eigenvalue weighted by molar-refractivity contribution is 0.0407. The van der Waals surface area contributed by atoms with E-state index in [9.17, 15) is 9.90 Å². The van der Waals surface area contributed by atoms with Crippen LogP contribution in [-0.2, 0) is 0 Å². The topological polar surface area (TPSA) is 95.6 Å². The number of nitrogens with zero attached hydrogens (tertiary/aromatic N) is 4. The standard InChI is InChI=1S/C21H27N5O2/c22-19-7-9-23-20(24-19)16-3-5-17(6-4-16)21(28)26-11-10-25(13-15-1-2-15)18(14-26)8-12-27/h3-7,9,15,18,27H,1-2,8,10-14H2,(H2,22,23,24)/t18-/m0/s1. The minimum Gasteiger partial charge on any atom is -0.396 e. The largest absolute Gasteiger partial charge is 0.396 e. The Bertz CT molecular complexity index is 822. The fourth-order valence-corrected chi connectivity index (χ4v) is 3.83. The number of aliphatic hydroxyl groups excluding tert-OH is 1. The molecule has 1 aliphatic heterocycles. The highest BCUT2D eigenvalue weighted by Crippen LogP contribution is 2.31. The zero-order chi connectivity index (χ0) is 19.5. The SMILES string of the molecule is Nc1ccnc(-c2ccc(C(=O)N3CCN(CC4CC4)[C@@H](CCO)C3)cc2)n1. The maximum Gasteiger partial charge on any atom is 0.253 e. The van der Waals surface area contributed by atoms with Gasteiger partial charge in [-0.3, -0.25) is 9.69 Å². The molecule has 3 N–H and O–H groups in total. The van der Waals surface area contributed by atoms with Crippen LogP contribution in [0.2, 0.25) is 0 Å². The lowest BCUT2D eigenvalue weighted by atomic mass is 10.1. The van der Waals surface area contributed by atoms with Crippen molar-refractivity contribution in [3.63, 3.8) is 0 Å². The third-order valence-corrected chi connectivity index (χ3v) is 5.61. The molecule has 0 spiro atoms. The van der Waals surface area contributed by atoms with E-state index < -0.39 is 0 Å². The molecular formula is C21H27N5O2. The van der Waals surface area contributed by atoms with Gasteiger partial charge in [0.1, 0.15) is 5.82 Å². The first kappa shape index (κ1) is 18.8. The molecule has 1 saturated heterocycles. The van der Waals surface area contributed by atoms with Crippen molar-refractivity contribution in [3.8, 4) is 11.4 Å². The number of carbonyl (C=O) groups excluding carboxylic acids is 1. The van der Waals surface area contributed by atoms with Gasteiger partial charge in [-0.25, -0.2) is 9.97 Å². The number of aromatic nitrogens is 2. The monoisotopic (exact) mass is 381 g/mol. The third kappa shape index (κ3) is 4.31. The zero-order valence-electron chi connectivity index (χ0n) is 16.0. The van der Waals surface area contributed by atoms with Crippen molar-refractivity contribution in [2.75, 3.05) is 38.5 Å². The number of nitrogen functional groups attached to an aromatic ring is 1. The van der Waals surface area contributed by atoms with Gasteiger partial charge in [0, 0.05) is 56.2 Å². The molecule has 2 heterocycles. The van der Waals surface area contributed by atoms with E-state index in [1.54, 1.807) is 12.3 Å². The predicted molar refractivity (Wildman–Crippen MR) is 108 cm³/mol. The van der Waals surface area contributed by atoms with E-state index in [0.717, 1.165) is 31.1 Å². The summed E-state index contributed by atoms with van der Waals surface area (Å²) in [4.78, 5) is 25.8. The molecule has 1 amide bonds. The maximum absolute atomic E-state index is 13.0. The summed E-state index contributed by atoms with van der Waals surface area (Å²) in [6.07, 6.45) is 4.96. The van der Waals surface area contributed by atoms with Crippen LogP contribution in [0, 0.1) is 5.92 Å². The number of hydrogen-bond donors (Lipinski definition) is 2. The molecule has 0 unspecified atom stereocenters. The molecule has 148 valence electrons. The van der Waals surface area contributed by atoms with Gasteiger partial charge in [-0.2, -0.15) is 0 Å². The Labute approximate surface area is 165 Å². The molecule has 2 aromatic rings. The van der Waals surface area contributed by atoms with Crippen molar-refractivity contribution in [3.05, 3.63) is 42.1 Å². The second-order valence-electron chi connectivity index (χ2n) is 7.74. The summed E-state index contributed by atoms with van der Waals surface area (Å²) >= 11 is 0. The maximum atomic E-state index is 13.0. The van der Waals surface area contributed by atoms with E-state index in [1.165, 1.54) is 12.8 Å². The number of piperazine rings is 1. The molecule has 0 bridgehead atoms. The van der Waals surface area contributed by atoms with Gasteiger partial charge < -0.3 is 15.7 Å². The lowest BCUT2D eigenvalue weighted by Gasteiger charge is -2.41. The Balaban J connectivity index is 1.43. The van der Waals surface area contributed by atoms with Gasteiger partial charge in [0.2, 0.25) is 0 Å². The van der Waals surface area contributed by atoms with Crippen LogP contribution >= 0.6 is 0 Å². The summed E-state index contributed by atoms with van der Waals surface area (Å²) in [6, 6.07) is 9.24. The van der Waals surface area contributed by atoms with Gasteiger partial charge in [0.15, 0.2) is 5.82 Å². The van der Waals surface area contributed by atoms with E-state index in [2.05, 4.69) is 14.9 Å². The molecule has 1 aromatic carbocycles. The molecule has 1 atom stereocenters. The third-order valence-electron chi connectivity index (χ3n) is 5.61. The number of hydrogen-bond acceptors (Lipinski definition) is 6. The van der Waals surface area contributed by atoms with Crippen LogP contribution in [-0.4, -0.2) is 69.6 Å². The summed E-state index contributed by atoms with van der Waals surface area (Å²) in [5, 5.41) is 9.44. The molecule has 1 aliphatic carbocycles. The van der Waals surface area contributed by atoms with Crippen molar-refractivity contribution in [1.29, 1.82) is 0 Å². The van der Waals surface area contributed by atoms with Crippen LogP contribution in [0.25, 0.3) is 11.4 Å². The summed E-state index contributed by atoms with van der Waals surface area (Å²) < 4.78 is 0. The van der Waals surface area contributed by atoms with Crippen LogP contribution in [0.1, 0.15) is 29.6 Å². The first-order valence-corrected chi connectivity index (χ1v) is 9.97. The fraction of sp³-hybridized carbons (Fsp3) is 0.476. The van der Waals surface area contributed by atoms with Gasteiger partial charge in [-0.15, -0.1) is 0 Å². The van der Waals surface area contributed by atoms with Crippen LogP contribution < -0.4 is 5.73 Å².